The number of carbonyl (C=O) groups is 4. The van der Waals surface area contributed by atoms with Crippen LogP contribution in [0.25, 0.3) is 22.0 Å². The summed E-state index contributed by atoms with van der Waals surface area (Å²) in [5, 5.41) is 7.07. The van der Waals surface area contributed by atoms with E-state index in [9.17, 15) is 45.5 Å². The first-order valence-corrected chi connectivity index (χ1v) is 11.8. The van der Waals surface area contributed by atoms with Crippen LogP contribution < -0.4 is 26.5 Å². The molecular formula is C26H18F6N6O5. The average molecular weight is 608 g/mol. The minimum atomic E-state index is -5.39. The number of carbonyl (C=O) groups excluding carboxylic acids is 4. The largest absolute Gasteiger partial charge is 0.493 e. The molecule has 0 aliphatic rings. The summed E-state index contributed by atoms with van der Waals surface area (Å²) in [7, 11) is 0. The lowest BCUT2D eigenvalue weighted by molar-refractivity contribution is -0.199. The van der Waals surface area contributed by atoms with Crippen LogP contribution in [-0.4, -0.2) is 39.7 Å². The van der Waals surface area contributed by atoms with Gasteiger partial charge in [0.05, 0.1) is 23.1 Å². The fraction of sp³-hybridized carbons (Fsp3) is 0.115. The van der Waals surface area contributed by atoms with Crippen molar-refractivity contribution in [3.05, 3.63) is 72.2 Å². The molecular weight excluding hydrogens is 590 g/mol. The first kappa shape index (κ1) is 30.4. The predicted octanol–water partition coefficient (Wildman–Crippen LogP) is 4.94. The third-order valence-electron chi connectivity index (χ3n) is 5.70. The van der Waals surface area contributed by atoms with Gasteiger partial charge >= 0.3 is 24.4 Å². The number of nitrogens with two attached hydrogens (primary N) is 1. The number of alkyl halides is 6. The van der Waals surface area contributed by atoms with Crippen LogP contribution in [0, 0.1) is 0 Å². The van der Waals surface area contributed by atoms with Gasteiger partial charge in [-0.1, -0.05) is 12.1 Å². The zero-order valence-corrected chi connectivity index (χ0v) is 21.6. The Balaban J connectivity index is 1.64. The van der Waals surface area contributed by atoms with E-state index in [1.807, 2.05) is 0 Å². The van der Waals surface area contributed by atoms with Gasteiger partial charge in [-0.3, -0.25) is 14.6 Å². The minimum Gasteiger partial charge on any atom is -0.364 e. The summed E-state index contributed by atoms with van der Waals surface area (Å²) in [6, 6.07) is 8.01. The van der Waals surface area contributed by atoms with Crippen molar-refractivity contribution in [2.45, 2.75) is 19.3 Å². The second-order valence-corrected chi connectivity index (χ2v) is 8.75. The molecule has 11 nitrogen and oxygen atoms in total. The number of pyridine rings is 1. The molecule has 4 amide bonds. The summed E-state index contributed by atoms with van der Waals surface area (Å²) in [6.07, 6.45) is -7.79. The minimum absolute atomic E-state index is 0.0141. The van der Waals surface area contributed by atoms with E-state index in [0.29, 0.717) is 10.8 Å². The normalized spacial score (nSPS) is 11.6. The van der Waals surface area contributed by atoms with Crippen molar-refractivity contribution in [2.24, 2.45) is 5.73 Å². The quantitative estimate of drug-likeness (QED) is 0.227. The van der Waals surface area contributed by atoms with Gasteiger partial charge < -0.3 is 26.5 Å². The number of primary amides is 1. The summed E-state index contributed by atoms with van der Waals surface area (Å²) < 4.78 is 78.6. The molecule has 4 rings (SSSR count). The topological polar surface area (TPSA) is 157 Å². The maximum atomic E-state index is 13.2. The van der Waals surface area contributed by atoms with Gasteiger partial charge in [-0.15, -0.1) is 0 Å². The molecule has 0 atom stereocenters. The number of rotatable bonds is 6. The van der Waals surface area contributed by atoms with Gasteiger partial charge in [0.2, 0.25) is 5.91 Å². The lowest BCUT2D eigenvalue weighted by atomic mass is 10.0. The molecule has 17 heteroatoms. The molecule has 0 radical (unpaired) electrons. The van der Waals surface area contributed by atoms with Crippen molar-refractivity contribution >= 4 is 51.8 Å². The maximum Gasteiger partial charge on any atom is 0.493 e. The molecule has 2 aromatic carbocycles. The number of amides is 4. The lowest BCUT2D eigenvalue weighted by Crippen LogP contribution is -2.35. The zero-order chi connectivity index (χ0) is 31.7. The molecule has 5 N–H and O–H groups in total. The molecule has 2 heterocycles. The number of nitrogens with one attached hydrogen (secondary N) is 3. The number of nitrogens with zero attached hydrogens (tertiary/aromatic N) is 2. The van der Waals surface area contributed by atoms with Gasteiger partial charge in [-0.2, -0.15) is 31.1 Å². The summed E-state index contributed by atoms with van der Waals surface area (Å²) in [5.74, 6) is -4.45. The maximum absolute atomic E-state index is 13.2. The molecule has 0 fully saturated rings. The van der Waals surface area contributed by atoms with Crippen molar-refractivity contribution in [3.63, 3.8) is 0 Å². The standard InChI is InChI=1S/C26H18F6N6O5/c1-12(39)35-17-7-4-14(25(27,28)29)10-18(17)37-24(42)36-15-5-2-13(3-6-15)20-16-8-9-34-11-19(16)38(21(20)22(33)40)43-23(41)26(30,31)32/h2-11H,1H3,(H2,33,40)(H,35,39)(H2,36,37,42). The average Bonchev–Trinajstić information content (AvgIpc) is 3.23. The van der Waals surface area contributed by atoms with Crippen LogP contribution in [0.2, 0.25) is 0 Å². The summed E-state index contributed by atoms with van der Waals surface area (Å²) in [6.45, 7) is 1.13. The van der Waals surface area contributed by atoms with E-state index in [1.54, 1.807) is 0 Å². The molecule has 0 aliphatic carbocycles. The zero-order valence-electron chi connectivity index (χ0n) is 21.6. The Morgan fingerprint density at radius 1 is 0.884 bits per heavy atom. The third-order valence-corrected chi connectivity index (χ3v) is 5.70. The van der Waals surface area contributed by atoms with Gasteiger partial charge in [0.15, 0.2) is 5.69 Å². The molecule has 0 unspecified atom stereocenters. The molecule has 4 aromatic rings. The van der Waals surface area contributed by atoms with Crippen molar-refractivity contribution in [1.82, 2.24) is 9.71 Å². The lowest BCUT2D eigenvalue weighted by Gasteiger charge is -2.15. The number of hydrogen-bond donors (Lipinski definition) is 4. The van der Waals surface area contributed by atoms with Gasteiger partial charge in [0, 0.05) is 29.8 Å². The van der Waals surface area contributed by atoms with Crippen molar-refractivity contribution in [3.8, 4) is 11.1 Å². The number of hydrogen-bond acceptors (Lipinski definition) is 6. The van der Waals surface area contributed by atoms with E-state index >= 15 is 0 Å². The monoisotopic (exact) mass is 608 g/mol. The number of halogens is 6. The van der Waals surface area contributed by atoms with E-state index in [2.05, 4.69) is 25.8 Å². The Morgan fingerprint density at radius 3 is 2.14 bits per heavy atom. The molecule has 0 saturated carbocycles. The predicted molar refractivity (Wildman–Crippen MR) is 140 cm³/mol. The number of urea groups is 1. The Labute approximate surface area is 236 Å². The van der Waals surface area contributed by atoms with Crippen LogP contribution in [0.4, 0.5) is 48.2 Å². The number of aromatic nitrogens is 2. The number of fused-ring (bicyclic) bond motifs is 1. The number of anilines is 3. The van der Waals surface area contributed by atoms with Gasteiger partial charge in [0.25, 0.3) is 5.91 Å². The van der Waals surface area contributed by atoms with Crippen molar-refractivity contribution < 1.29 is 50.4 Å². The molecule has 224 valence electrons. The van der Waals surface area contributed by atoms with Crippen LogP contribution in [0.15, 0.2) is 60.9 Å². The first-order valence-electron chi connectivity index (χ1n) is 11.8. The van der Waals surface area contributed by atoms with Crippen LogP contribution in [0.5, 0.6) is 0 Å². The third kappa shape index (κ3) is 6.66. The Kier molecular flexibility index (Phi) is 8.01. The Hall–Kier alpha value is -5.61. The summed E-state index contributed by atoms with van der Waals surface area (Å²) in [4.78, 5) is 56.2. The van der Waals surface area contributed by atoms with Crippen molar-refractivity contribution in [1.29, 1.82) is 0 Å². The molecule has 0 aliphatic heterocycles. The fourth-order valence-corrected chi connectivity index (χ4v) is 3.98. The highest BCUT2D eigenvalue weighted by Crippen LogP contribution is 2.36. The Bertz CT molecular complexity index is 1750. The summed E-state index contributed by atoms with van der Waals surface area (Å²) >= 11 is 0. The van der Waals surface area contributed by atoms with Crippen LogP contribution >= 0.6 is 0 Å². The molecule has 0 bridgehead atoms. The number of benzene rings is 2. The van der Waals surface area contributed by atoms with Crippen LogP contribution in [-0.2, 0) is 15.8 Å². The van der Waals surface area contributed by atoms with Crippen LogP contribution in [0.3, 0.4) is 0 Å². The fourth-order valence-electron chi connectivity index (χ4n) is 3.98. The van der Waals surface area contributed by atoms with E-state index in [1.165, 1.54) is 36.5 Å². The second-order valence-electron chi connectivity index (χ2n) is 8.75. The SMILES string of the molecule is CC(=O)Nc1ccc(C(F)(F)F)cc1NC(=O)Nc1ccc(-c2c(C(N)=O)n(OC(=O)C(F)(F)F)c3cnccc23)cc1. The highest BCUT2D eigenvalue weighted by Gasteiger charge is 2.43. The van der Waals surface area contributed by atoms with Crippen molar-refractivity contribution in [2.75, 3.05) is 16.0 Å². The molecule has 43 heavy (non-hydrogen) atoms. The molecule has 0 saturated heterocycles. The second kappa shape index (κ2) is 11.3. The Morgan fingerprint density at radius 2 is 1.56 bits per heavy atom. The van der Waals surface area contributed by atoms with Crippen LogP contribution in [0.1, 0.15) is 23.0 Å². The molecule has 0 spiro atoms. The van der Waals surface area contributed by atoms with Gasteiger partial charge in [-0.05, 0) is 42.0 Å². The first-order chi connectivity index (χ1) is 20.1. The highest BCUT2D eigenvalue weighted by atomic mass is 19.4. The van der Waals surface area contributed by atoms with Gasteiger partial charge in [0.1, 0.15) is 5.52 Å². The van der Waals surface area contributed by atoms with E-state index in [4.69, 9.17) is 5.73 Å². The van der Waals surface area contributed by atoms with E-state index in [-0.39, 0.29) is 39.1 Å². The molecule has 2 aromatic heterocycles. The summed E-state index contributed by atoms with van der Waals surface area (Å²) in [5.41, 5.74) is 3.41. The van der Waals surface area contributed by atoms with E-state index < -0.39 is 47.4 Å². The highest BCUT2D eigenvalue weighted by molar-refractivity contribution is 6.10. The van der Waals surface area contributed by atoms with Gasteiger partial charge in [-0.25, -0.2) is 9.59 Å². The smallest absolute Gasteiger partial charge is 0.364 e. The van der Waals surface area contributed by atoms with E-state index in [0.717, 1.165) is 25.3 Å².